The van der Waals surface area contributed by atoms with Crippen molar-refractivity contribution in [3.05, 3.63) is 0 Å². The van der Waals surface area contributed by atoms with Gasteiger partial charge in [-0.15, -0.1) is 0 Å². The Balaban J connectivity index is 1.43. The largest absolute Gasteiger partial charge is 0.315 e. The fourth-order valence-electron chi connectivity index (χ4n) is 3.02. The summed E-state index contributed by atoms with van der Waals surface area (Å²) in [5.74, 6) is 0. The van der Waals surface area contributed by atoms with E-state index in [-0.39, 0.29) is 0 Å². The number of piperidine rings is 1. The number of likely N-dealkylation sites (tertiary alicyclic amines) is 1. The van der Waals surface area contributed by atoms with Gasteiger partial charge in [-0.1, -0.05) is 0 Å². The standard InChI is InChI=1S/C12H23N3/c1-2-10(8-13-6-1)14-11-5-7-15(9-11)12-3-4-12/h10-14H,1-9H2. The fraction of sp³-hybridized carbons (Fsp3) is 1.00. The maximum atomic E-state index is 3.83. The molecule has 2 saturated heterocycles. The lowest BCUT2D eigenvalue weighted by atomic mass is 10.1. The molecule has 2 N–H and O–H groups in total. The van der Waals surface area contributed by atoms with E-state index >= 15 is 0 Å². The van der Waals surface area contributed by atoms with E-state index in [1.807, 2.05) is 0 Å². The molecule has 15 heavy (non-hydrogen) atoms. The van der Waals surface area contributed by atoms with Gasteiger partial charge in [0.1, 0.15) is 0 Å². The highest BCUT2D eigenvalue weighted by Gasteiger charge is 2.34. The first-order chi connectivity index (χ1) is 7.42. The van der Waals surface area contributed by atoms with Crippen LogP contribution in [-0.2, 0) is 0 Å². The molecule has 0 aromatic heterocycles. The van der Waals surface area contributed by atoms with Crippen LogP contribution in [0.25, 0.3) is 0 Å². The van der Waals surface area contributed by atoms with Crippen molar-refractivity contribution in [2.75, 3.05) is 26.2 Å². The van der Waals surface area contributed by atoms with Gasteiger partial charge in [-0.05, 0) is 38.6 Å². The molecule has 3 heteroatoms. The molecule has 0 aromatic carbocycles. The second-order valence-corrected chi connectivity index (χ2v) is 5.42. The predicted molar refractivity (Wildman–Crippen MR) is 62.0 cm³/mol. The Bertz CT molecular complexity index is 209. The predicted octanol–water partition coefficient (Wildman–Crippen LogP) is 0.565. The van der Waals surface area contributed by atoms with Gasteiger partial charge in [-0.3, -0.25) is 4.90 Å². The zero-order valence-corrected chi connectivity index (χ0v) is 9.54. The molecule has 0 radical (unpaired) electrons. The van der Waals surface area contributed by atoms with E-state index in [0.717, 1.165) is 18.1 Å². The normalized spacial score (nSPS) is 38.4. The summed E-state index contributed by atoms with van der Waals surface area (Å²) in [6, 6.07) is 2.47. The lowest BCUT2D eigenvalue weighted by Crippen LogP contribution is -2.48. The van der Waals surface area contributed by atoms with Crippen LogP contribution in [-0.4, -0.2) is 49.2 Å². The number of rotatable bonds is 3. The number of hydrogen-bond donors (Lipinski definition) is 2. The summed E-state index contributed by atoms with van der Waals surface area (Å²) in [4.78, 5) is 2.69. The van der Waals surface area contributed by atoms with Crippen LogP contribution in [0.1, 0.15) is 32.1 Å². The Morgan fingerprint density at radius 3 is 2.73 bits per heavy atom. The molecule has 1 aliphatic carbocycles. The third kappa shape index (κ3) is 2.52. The lowest BCUT2D eigenvalue weighted by molar-refractivity contribution is 0.301. The van der Waals surface area contributed by atoms with E-state index in [2.05, 4.69) is 15.5 Å². The zero-order chi connectivity index (χ0) is 10.1. The third-order valence-corrected chi connectivity index (χ3v) is 4.05. The van der Waals surface area contributed by atoms with Crippen LogP contribution in [0.3, 0.4) is 0 Å². The summed E-state index contributed by atoms with van der Waals surface area (Å²) in [6.45, 7) is 5.04. The molecule has 2 aliphatic heterocycles. The number of nitrogens with zero attached hydrogens (tertiary/aromatic N) is 1. The Morgan fingerprint density at radius 1 is 1.07 bits per heavy atom. The Kier molecular flexibility index (Phi) is 2.95. The van der Waals surface area contributed by atoms with Crippen LogP contribution in [0.5, 0.6) is 0 Å². The highest BCUT2D eigenvalue weighted by atomic mass is 15.2. The summed E-state index contributed by atoms with van der Waals surface area (Å²) in [7, 11) is 0. The quantitative estimate of drug-likeness (QED) is 0.711. The molecular weight excluding hydrogens is 186 g/mol. The Labute approximate surface area is 92.6 Å². The van der Waals surface area contributed by atoms with Gasteiger partial charge in [0.25, 0.3) is 0 Å². The van der Waals surface area contributed by atoms with Crippen LogP contribution >= 0.6 is 0 Å². The van der Waals surface area contributed by atoms with Gasteiger partial charge >= 0.3 is 0 Å². The minimum absolute atomic E-state index is 0.739. The first-order valence-corrected chi connectivity index (χ1v) is 6.62. The molecule has 0 bridgehead atoms. The van der Waals surface area contributed by atoms with E-state index in [0.29, 0.717) is 0 Å². The molecule has 0 spiro atoms. The van der Waals surface area contributed by atoms with Crippen LogP contribution in [0.4, 0.5) is 0 Å². The number of nitrogens with one attached hydrogen (secondary N) is 2. The summed E-state index contributed by atoms with van der Waals surface area (Å²) < 4.78 is 0. The molecule has 3 rings (SSSR count). The van der Waals surface area contributed by atoms with E-state index in [4.69, 9.17) is 0 Å². The highest BCUT2D eigenvalue weighted by molar-refractivity contribution is 4.93. The first-order valence-electron chi connectivity index (χ1n) is 6.62. The highest BCUT2D eigenvalue weighted by Crippen LogP contribution is 2.29. The average Bonchev–Trinajstić information content (AvgIpc) is 3.02. The van der Waals surface area contributed by atoms with Crippen molar-refractivity contribution in [2.24, 2.45) is 0 Å². The Hall–Kier alpha value is -0.120. The fourth-order valence-corrected chi connectivity index (χ4v) is 3.02. The second kappa shape index (κ2) is 4.40. The monoisotopic (exact) mass is 209 g/mol. The average molecular weight is 209 g/mol. The first kappa shape index (κ1) is 10.1. The van der Waals surface area contributed by atoms with Gasteiger partial charge in [0, 0.05) is 37.8 Å². The van der Waals surface area contributed by atoms with Crippen LogP contribution in [0.2, 0.25) is 0 Å². The maximum Gasteiger partial charge on any atom is 0.0210 e. The molecule has 1 saturated carbocycles. The molecule has 86 valence electrons. The van der Waals surface area contributed by atoms with Crippen LogP contribution in [0, 0.1) is 0 Å². The maximum absolute atomic E-state index is 3.83. The molecule has 3 aliphatic rings. The van der Waals surface area contributed by atoms with Crippen molar-refractivity contribution >= 4 is 0 Å². The molecule has 2 unspecified atom stereocenters. The van der Waals surface area contributed by atoms with Gasteiger partial charge in [-0.25, -0.2) is 0 Å². The summed E-state index contributed by atoms with van der Waals surface area (Å²) in [6.07, 6.45) is 6.99. The molecule has 2 heterocycles. The second-order valence-electron chi connectivity index (χ2n) is 5.42. The van der Waals surface area contributed by atoms with Crippen molar-refractivity contribution < 1.29 is 0 Å². The van der Waals surface area contributed by atoms with E-state index < -0.39 is 0 Å². The molecular formula is C12H23N3. The zero-order valence-electron chi connectivity index (χ0n) is 9.54. The molecule has 0 amide bonds. The summed E-state index contributed by atoms with van der Waals surface area (Å²) in [5, 5.41) is 7.31. The minimum Gasteiger partial charge on any atom is -0.315 e. The van der Waals surface area contributed by atoms with Gasteiger partial charge in [-0.2, -0.15) is 0 Å². The van der Waals surface area contributed by atoms with Crippen LogP contribution < -0.4 is 10.6 Å². The molecule has 3 nitrogen and oxygen atoms in total. The molecule has 2 atom stereocenters. The van der Waals surface area contributed by atoms with E-state index in [1.54, 1.807) is 0 Å². The Morgan fingerprint density at radius 2 is 2.00 bits per heavy atom. The summed E-state index contributed by atoms with van der Waals surface area (Å²) >= 11 is 0. The topological polar surface area (TPSA) is 27.3 Å². The van der Waals surface area contributed by atoms with Crippen molar-refractivity contribution in [1.29, 1.82) is 0 Å². The van der Waals surface area contributed by atoms with E-state index in [9.17, 15) is 0 Å². The minimum atomic E-state index is 0.739. The van der Waals surface area contributed by atoms with Gasteiger partial charge in [0.05, 0.1) is 0 Å². The van der Waals surface area contributed by atoms with Gasteiger partial charge in [0.15, 0.2) is 0 Å². The smallest absolute Gasteiger partial charge is 0.0210 e. The molecule has 0 aromatic rings. The van der Waals surface area contributed by atoms with Crippen molar-refractivity contribution in [2.45, 2.75) is 50.2 Å². The van der Waals surface area contributed by atoms with E-state index in [1.165, 1.54) is 58.3 Å². The lowest BCUT2D eigenvalue weighted by Gasteiger charge is -2.27. The van der Waals surface area contributed by atoms with Gasteiger partial charge in [0.2, 0.25) is 0 Å². The van der Waals surface area contributed by atoms with Crippen molar-refractivity contribution in [3.63, 3.8) is 0 Å². The van der Waals surface area contributed by atoms with Crippen molar-refractivity contribution in [3.8, 4) is 0 Å². The molecule has 3 fully saturated rings. The van der Waals surface area contributed by atoms with Crippen molar-refractivity contribution in [1.82, 2.24) is 15.5 Å². The van der Waals surface area contributed by atoms with Crippen LogP contribution in [0.15, 0.2) is 0 Å². The SMILES string of the molecule is C1CNCC(NC2CCN(C3CC3)C2)C1. The third-order valence-electron chi connectivity index (χ3n) is 4.05. The number of hydrogen-bond acceptors (Lipinski definition) is 3. The van der Waals surface area contributed by atoms with Gasteiger partial charge < -0.3 is 10.6 Å². The summed E-state index contributed by atoms with van der Waals surface area (Å²) in [5.41, 5.74) is 0.